The Morgan fingerprint density at radius 2 is 2.13 bits per heavy atom. The first kappa shape index (κ1) is 20.7. The third-order valence-corrected chi connectivity index (χ3v) is 6.98. The average molecular weight is 435 g/mol. The Balaban J connectivity index is 1.58. The first-order valence-electron chi connectivity index (χ1n) is 9.56. The van der Waals surface area contributed by atoms with Crippen LogP contribution in [0.5, 0.6) is 0 Å². The highest BCUT2D eigenvalue weighted by atomic mass is 32.1. The fourth-order valence-electron chi connectivity index (χ4n) is 4.55. The molecule has 9 heteroatoms. The van der Waals surface area contributed by atoms with Crippen LogP contribution in [0.1, 0.15) is 27.9 Å². The van der Waals surface area contributed by atoms with Crippen molar-refractivity contribution in [2.45, 2.75) is 12.6 Å². The molecule has 0 aliphatic carbocycles. The number of hydrogen-bond donors (Lipinski definition) is 1. The topological polar surface area (TPSA) is 67.6 Å². The van der Waals surface area contributed by atoms with Gasteiger partial charge in [-0.05, 0) is 36.1 Å². The summed E-state index contributed by atoms with van der Waals surface area (Å²) in [5, 5.41) is 22.8. The highest BCUT2D eigenvalue weighted by Gasteiger charge is 2.50. The maximum absolute atomic E-state index is 13.4. The van der Waals surface area contributed by atoms with Gasteiger partial charge < -0.3 is 14.9 Å². The van der Waals surface area contributed by atoms with Crippen LogP contribution in [0.2, 0.25) is 0 Å². The van der Waals surface area contributed by atoms with E-state index in [1.54, 1.807) is 22.4 Å². The third-order valence-electron chi connectivity index (χ3n) is 6.30. The molecule has 2 fully saturated rings. The van der Waals surface area contributed by atoms with Crippen molar-refractivity contribution in [2.75, 3.05) is 37.7 Å². The summed E-state index contributed by atoms with van der Waals surface area (Å²) < 4.78 is 40.1. The second-order valence-corrected chi connectivity index (χ2v) is 8.73. The minimum absolute atomic E-state index is 0.0520. The molecule has 0 unspecified atom stereocenters. The summed E-state index contributed by atoms with van der Waals surface area (Å²) in [7, 11) is 0. The number of halogens is 3. The number of rotatable bonds is 3. The molecule has 0 radical (unpaired) electrons. The van der Waals surface area contributed by atoms with Crippen molar-refractivity contribution >= 4 is 22.9 Å². The molecular weight excluding hydrogens is 415 g/mol. The van der Waals surface area contributed by atoms with Crippen LogP contribution >= 0.6 is 11.3 Å². The van der Waals surface area contributed by atoms with E-state index in [-0.39, 0.29) is 18.4 Å². The van der Waals surface area contributed by atoms with E-state index >= 15 is 0 Å². The van der Waals surface area contributed by atoms with Crippen molar-refractivity contribution in [3.8, 4) is 6.07 Å². The number of aliphatic hydroxyl groups is 1. The highest BCUT2D eigenvalue weighted by molar-refractivity contribution is 7.08. The van der Waals surface area contributed by atoms with Crippen LogP contribution < -0.4 is 4.90 Å². The summed E-state index contributed by atoms with van der Waals surface area (Å²) in [6, 6.07) is 7.09. The number of likely N-dealkylation sites (tertiary alicyclic amines) is 1. The number of fused-ring (bicyclic) bond motifs is 1. The first-order chi connectivity index (χ1) is 14.3. The van der Waals surface area contributed by atoms with Crippen LogP contribution in [-0.2, 0) is 6.18 Å². The van der Waals surface area contributed by atoms with Crippen LogP contribution in [-0.4, -0.2) is 48.7 Å². The number of nitrogens with zero attached hydrogens (tertiary/aromatic N) is 3. The molecule has 30 heavy (non-hydrogen) atoms. The van der Waals surface area contributed by atoms with Gasteiger partial charge in [0.25, 0.3) is 5.91 Å². The van der Waals surface area contributed by atoms with Gasteiger partial charge in [-0.3, -0.25) is 4.79 Å². The van der Waals surface area contributed by atoms with E-state index in [4.69, 9.17) is 5.26 Å². The predicted octanol–water partition coefficient (Wildman–Crippen LogP) is 3.60. The van der Waals surface area contributed by atoms with E-state index in [1.165, 1.54) is 23.5 Å². The second-order valence-electron chi connectivity index (χ2n) is 7.95. The summed E-state index contributed by atoms with van der Waals surface area (Å²) in [5.74, 6) is -0.109. The van der Waals surface area contributed by atoms with Gasteiger partial charge in [-0.2, -0.15) is 29.8 Å². The van der Waals surface area contributed by atoms with E-state index in [0.29, 0.717) is 43.9 Å². The average Bonchev–Trinajstić information content (AvgIpc) is 3.40. The first-order valence-corrected chi connectivity index (χ1v) is 10.5. The van der Waals surface area contributed by atoms with Crippen LogP contribution in [0.15, 0.2) is 35.0 Å². The lowest BCUT2D eigenvalue weighted by Gasteiger charge is -2.42. The van der Waals surface area contributed by atoms with Crippen LogP contribution in [0.25, 0.3) is 0 Å². The smallest absolute Gasteiger partial charge is 0.396 e. The molecule has 1 N–H and O–H groups in total. The maximum atomic E-state index is 13.4. The summed E-state index contributed by atoms with van der Waals surface area (Å²) in [6.07, 6.45) is -4.03. The summed E-state index contributed by atoms with van der Waals surface area (Å²) in [5.41, 5.74) is -0.818. The highest BCUT2D eigenvalue weighted by Crippen LogP contribution is 2.45. The van der Waals surface area contributed by atoms with Crippen molar-refractivity contribution in [1.29, 1.82) is 5.26 Å². The number of amides is 1. The molecule has 158 valence electrons. The number of carbonyl (C=O) groups excluding carboxylic acids is 1. The summed E-state index contributed by atoms with van der Waals surface area (Å²) in [6.45, 7) is 1.72. The molecular formula is C21H20F3N3O2S. The number of anilines is 1. The van der Waals surface area contributed by atoms with Crippen LogP contribution in [0.4, 0.5) is 18.9 Å². The Hall–Kier alpha value is -2.57. The van der Waals surface area contributed by atoms with Crippen molar-refractivity contribution in [1.82, 2.24) is 4.90 Å². The zero-order valence-corrected chi connectivity index (χ0v) is 16.8. The van der Waals surface area contributed by atoms with Gasteiger partial charge in [-0.1, -0.05) is 0 Å². The standard InChI is InChI=1S/C21H20F3N3O2S/c22-21(23,24)18-7-17(2-1-14(18)8-25)27-10-16-9-26(5-4-20(16,12-27)13-28)19(29)15-3-6-30-11-15/h1-3,6-7,11,16,28H,4-5,9-10,12-13H2/t16-,20+/m1/s1. The molecule has 2 aliphatic rings. The van der Waals surface area contributed by atoms with Crippen LogP contribution in [0, 0.1) is 22.7 Å². The molecule has 1 amide bonds. The van der Waals surface area contributed by atoms with Gasteiger partial charge in [0.1, 0.15) is 0 Å². The van der Waals surface area contributed by atoms with E-state index < -0.39 is 22.7 Å². The third kappa shape index (κ3) is 3.55. The number of alkyl halides is 3. The van der Waals surface area contributed by atoms with Crippen molar-refractivity contribution in [3.05, 3.63) is 51.7 Å². The van der Waals surface area contributed by atoms with Gasteiger partial charge in [0.05, 0.1) is 29.4 Å². The lowest BCUT2D eigenvalue weighted by molar-refractivity contribution is -0.137. The molecule has 2 aromatic rings. The second kappa shape index (κ2) is 7.60. The largest absolute Gasteiger partial charge is 0.417 e. The quantitative estimate of drug-likeness (QED) is 0.800. The number of benzene rings is 1. The minimum Gasteiger partial charge on any atom is -0.396 e. The zero-order valence-electron chi connectivity index (χ0n) is 16.0. The summed E-state index contributed by atoms with van der Waals surface area (Å²) in [4.78, 5) is 16.3. The number of carbonyl (C=O) groups is 1. The zero-order chi connectivity index (χ0) is 21.5. The Kier molecular flexibility index (Phi) is 5.24. The monoisotopic (exact) mass is 435 g/mol. The molecule has 4 rings (SSSR count). The van der Waals surface area contributed by atoms with Gasteiger partial charge in [-0.25, -0.2) is 0 Å². The molecule has 0 bridgehead atoms. The van der Waals surface area contributed by atoms with Gasteiger partial charge in [0.15, 0.2) is 0 Å². The molecule has 5 nitrogen and oxygen atoms in total. The number of piperidine rings is 1. The Labute approximate surface area is 175 Å². The minimum atomic E-state index is -4.62. The number of thiophene rings is 1. The molecule has 3 heterocycles. The Morgan fingerprint density at radius 3 is 2.77 bits per heavy atom. The lowest BCUT2D eigenvalue weighted by atomic mass is 9.73. The number of nitriles is 1. The lowest BCUT2D eigenvalue weighted by Crippen LogP contribution is -2.50. The van der Waals surface area contributed by atoms with Crippen LogP contribution in [0.3, 0.4) is 0 Å². The van der Waals surface area contributed by atoms with E-state index in [9.17, 15) is 23.1 Å². The predicted molar refractivity (Wildman–Crippen MR) is 106 cm³/mol. The number of aliphatic hydroxyl groups excluding tert-OH is 1. The van der Waals surface area contributed by atoms with E-state index in [2.05, 4.69) is 0 Å². The van der Waals surface area contributed by atoms with Gasteiger partial charge >= 0.3 is 6.18 Å². The van der Waals surface area contributed by atoms with Gasteiger partial charge in [-0.15, -0.1) is 0 Å². The van der Waals surface area contributed by atoms with Crippen molar-refractivity contribution in [2.24, 2.45) is 11.3 Å². The number of hydrogen-bond acceptors (Lipinski definition) is 5. The molecule has 1 aromatic carbocycles. The normalized spacial score (nSPS) is 23.9. The van der Waals surface area contributed by atoms with Crippen molar-refractivity contribution in [3.63, 3.8) is 0 Å². The van der Waals surface area contributed by atoms with Crippen molar-refractivity contribution < 1.29 is 23.1 Å². The molecule has 2 atom stereocenters. The molecule has 2 saturated heterocycles. The van der Waals surface area contributed by atoms with Gasteiger partial charge in [0, 0.05) is 48.6 Å². The van der Waals surface area contributed by atoms with Gasteiger partial charge in [0.2, 0.25) is 0 Å². The molecule has 0 saturated carbocycles. The molecule has 1 aromatic heterocycles. The Bertz CT molecular complexity index is 986. The fraction of sp³-hybridized carbons (Fsp3) is 0.429. The Morgan fingerprint density at radius 1 is 1.33 bits per heavy atom. The molecule has 2 aliphatic heterocycles. The SMILES string of the molecule is N#Cc1ccc(N2C[C@H]3CN(C(=O)c4ccsc4)CC[C@@]3(CO)C2)cc1C(F)(F)F. The summed E-state index contributed by atoms with van der Waals surface area (Å²) >= 11 is 1.45. The fourth-order valence-corrected chi connectivity index (χ4v) is 5.18. The molecule has 0 spiro atoms. The van der Waals surface area contributed by atoms with E-state index in [0.717, 1.165) is 6.07 Å². The van der Waals surface area contributed by atoms with E-state index in [1.807, 2.05) is 10.3 Å². The maximum Gasteiger partial charge on any atom is 0.417 e.